The molecule has 0 spiro atoms. The molecule has 0 aliphatic heterocycles. The molecule has 186 valence electrons. The van der Waals surface area contributed by atoms with E-state index in [0.29, 0.717) is 30.9 Å². The van der Waals surface area contributed by atoms with Crippen molar-refractivity contribution in [2.45, 2.75) is 83.0 Å². The molecule has 4 unspecified atom stereocenters. The van der Waals surface area contributed by atoms with Gasteiger partial charge < -0.3 is 14.9 Å². The highest BCUT2D eigenvalue weighted by Gasteiger charge is 2.58. The standard InChI is InChI=1S/C27H40N4O3/c1-26-10-7-19-18-8-11-27(33,16-34-2)13-17(18)3-4-20(19)21(26)5-6-22(26)25(32)15-31-29-23-9-12-28-14-24(23)30-31/h9,12,14,17-22,25,32-33H,3-8,10-11,13,15-16H2,1-2H3/t17?,18?,19-,20-,21+,22-,25?,26?,27-/m1/s1. The van der Waals surface area contributed by atoms with Gasteiger partial charge in [-0.1, -0.05) is 6.92 Å². The molecule has 0 amide bonds. The van der Waals surface area contributed by atoms with Crippen molar-refractivity contribution in [3.63, 3.8) is 0 Å². The monoisotopic (exact) mass is 468 g/mol. The Labute approximate surface area is 202 Å². The van der Waals surface area contributed by atoms with Gasteiger partial charge in [0.05, 0.1) is 31.1 Å². The number of rotatable bonds is 5. The molecule has 0 saturated heterocycles. The Hall–Kier alpha value is -1.57. The van der Waals surface area contributed by atoms with Crippen molar-refractivity contribution in [3.05, 3.63) is 18.5 Å². The average Bonchev–Trinajstić information content (AvgIpc) is 3.38. The number of nitrogens with zero attached hydrogens (tertiary/aromatic N) is 4. The van der Waals surface area contributed by atoms with Gasteiger partial charge >= 0.3 is 0 Å². The SMILES string of the molecule is COC[C@@]1(O)CCC2C(CC[C@@H]3[C@@H]2CCC2(C)[C@@H](C(O)Cn4nc5ccncc5n4)CC[C@@H]32)C1. The van der Waals surface area contributed by atoms with E-state index in [-0.39, 0.29) is 5.41 Å². The lowest BCUT2D eigenvalue weighted by Crippen LogP contribution is -2.52. The van der Waals surface area contributed by atoms with Crippen LogP contribution in [0.25, 0.3) is 11.0 Å². The Morgan fingerprint density at radius 2 is 1.88 bits per heavy atom. The summed E-state index contributed by atoms with van der Waals surface area (Å²) in [7, 11) is 1.70. The van der Waals surface area contributed by atoms with Crippen LogP contribution in [0.5, 0.6) is 0 Å². The molecule has 2 aromatic heterocycles. The summed E-state index contributed by atoms with van der Waals surface area (Å²) in [6.07, 6.45) is 13.4. The molecule has 4 aliphatic rings. The topological polar surface area (TPSA) is 93.3 Å². The zero-order valence-corrected chi connectivity index (χ0v) is 20.6. The number of aliphatic hydroxyl groups excluding tert-OH is 1. The van der Waals surface area contributed by atoms with Crippen molar-refractivity contribution >= 4 is 11.0 Å². The van der Waals surface area contributed by atoms with Gasteiger partial charge in [-0.05, 0) is 105 Å². The van der Waals surface area contributed by atoms with Gasteiger partial charge in [-0.3, -0.25) is 4.98 Å². The summed E-state index contributed by atoms with van der Waals surface area (Å²) in [6, 6.07) is 1.87. The molecule has 34 heavy (non-hydrogen) atoms. The van der Waals surface area contributed by atoms with Crippen LogP contribution < -0.4 is 0 Å². The summed E-state index contributed by atoms with van der Waals surface area (Å²) in [5.74, 6) is 4.00. The second-order valence-electron chi connectivity index (χ2n) is 12.3. The Morgan fingerprint density at radius 3 is 2.71 bits per heavy atom. The van der Waals surface area contributed by atoms with Crippen LogP contribution in [0.15, 0.2) is 18.5 Å². The van der Waals surface area contributed by atoms with Gasteiger partial charge in [0.25, 0.3) is 0 Å². The number of methoxy groups -OCH3 is 1. The van der Waals surface area contributed by atoms with Gasteiger partial charge in [-0.2, -0.15) is 15.0 Å². The van der Waals surface area contributed by atoms with E-state index in [1.807, 2.05) is 6.07 Å². The fraction of sp³-hybridized carbons (Fsp3) is 0.815. The number of hydrogen-bond donors (Lipinski definition) is 2. The highest BCUT2D eigenvalue weighted by atomic mass is 16.5. The third-order valence-electron chi connectivity index (χ3n) is 10.6. The first-order valence-electron chi connectivity index (χ1n) is 13.4. The molecule has 7 nitrogen and oxygen atoms in total. The molecule has 0 radical (unpaired) electrons. The van der Waals surface area contributed by atoms with E-state index in [2.05, 4.69) is 22.1 Å². The van der Waals surface area contributed by atoms with E-state index >= 15 is 0 Å². The van der Waals surface area contributed by atoms with Gasteiger partial charge in [0.1, 0.15) is 11.0 Å². The summed E-state index contributed by atoms with van der Waals surface area (Å²) in [5.41, 5.74) is 1.20. The molecular formula is C27H40N4O3. The van der Waals surface area contributed by atoms with E-state index in [4.69, 9.17) is 4.74 Å². The normalized spacial score (nSPS) is 42.7. The van der Waals surface area contributed by atoms with Crippen LogP contribution >= 0.6 is 0 Å². The summed E-state index contributed by atoms with van der Waals surface area (Å²) in [4.78, 5) is 5.81. The molecule has 6 rings (SSSR count). The Bertz CT molecular complexity index is 995. The average molecular weight is 469 g/mol. The van der Waals surface area contributed by atoms with E-state index in [1.54, 1.807) is 24.3 Å². The van der Waals surface area contributed by atoms with Gasteiger partial charge in [0.15, 0.2) is 0 Å². The number of hydrogen-bond acceptors (Lipinski definition) is 6. The molecule has 2 heterocycles. The zero-order chi connectivity index (χ0) is 23.5. The molecule has 4 saturated carbocycles. The van der Waals surface area contributed by atoms with Crippen molar-refractivity contribution in [2.75, 3.05) is 13.7 Å². The van der Waals surface area contributed by atoms with Crippen molar-refractivity contribution in [2.24, 2.45) is 40.9 Å². The van der Waals surface area contributed by atoms with Gasteiger partial charge in [-0.15, -0.1) is 0 Å². The minimum absolute atomic E-state index is 0.201. The second-order valence-corrected chi connectivity index (χ2v) is 12.3. The van der Waals surface area contributed by atoms with Crippen LogP contribution in [0.4, 0.5) is 0 Å². The van der Waals surface area contributed by atoms with Crippen LogP contribution in [0.2, 0.25) is 0 Å². The highest BCUT2D eigenvalue weighted by Crippen LogP contribution is 2.65. The second kappa shape index (κ2) is 8.52. The maximum atomic E-state index is 11.4. The summed E-state index contributed by atoms with van der Waals surface area (Å²) < 4.78 is 5.35. The first kappa shape index (κ1) is 22.9. The maximum absolute atomic E-state index is 11.4. The van der Waals surface area contributed by atoms with E-state index < -0.39 is 11.7 Å². The van der Waals surface area contributed by atoms with Crippen molar-refractivity contribution < 1.29 is 14.9 Å². The van der Waals surface area contributed by atoms with Crippen LogP contribution in [-0.4, -0.2) is 55.6 Å². The lowest BCUT2D eigenvalue weighted by molar-refractivity contribution is -0.128. The van der Waals surface area contributed by atoms with Gasteiger partial charge in [0.2, 0.25) is 0 Å². The highest BCUT2D eigenvalue weighted by molar-refractivity contribution is 5.71. The molecule has 0 bridgehead atoms. The first-order chi connectivity index (χ1) is 16.4. The summed E-state index contributed by atoms with van der Waals surface area (Å²) in [5, 5.41) is 31.5. The molecule has 0 aromatic carbocycles. The fourth-order valence-electron chi connectivity index (χ4n) is 9.22. The fourth-order valence-corrected chi connectivity index (χ4v) is 9.22. The Kier molecular flexibility index (Phi) is 5.73. The third-order valence-corrected chi connectivity index (χ3v) is 10.6. The largest absolute Gasteiger partial charge is 0.391 e. The number of pyridine rings is 1. The van der Waals surface area contributed by atoms with E-state index in [1.165, 1.54) is 32.1 Å². The zero-order valence-electron chi connectivity index (χ0n) is 20.6. The summed E-state index contributed by atoms with van der Waals surface area (Å²) in [6.45, 7) is 3.40. The number of ether oxygens (including phenoxy) is 1. The van der Waals surface area contributed by atoms with Gasteiger partial charge in [-0.25, -0.2) is 0 Å². The van der Waals surface area contributed by atoms with Crippen molar-refractivity contribution in [1.29, 1.82) is 0 Å². The maximum Gasteiger partial charge on any atom is 0.131 e. The van der Waals surface area contributed by atoms with Crippen LogP contribution in [-0.2, 0) is 11.3 Å². The Morgan fingerprint density at radius 1 is 1.06 bits per heavy atom. The quantitative estimate of drug-likeness (QED) is 0.693. The first-order valence-corrected chi connectivity index (χ1v) is 13.4. The molecule has 4 fully saturated rings. The summed E-state index contributed by atoms with van der Waals surface area (Å²) >= 11 is 0. The molecule has 2 aromatic rings. The van der Waals surface area contributed by atoms with Crippen molar-refractivity contribution in [1.82, 2.24) is 20.0 Å². The molecule has 7 heteroatoms. The lowest BCUT2D eigenvalue weighted by Gasteiger charge is -2.57. The molecule has 4 aliphatic carbocycles. The van der Waals surface area contributed by atoms with Crippen molar-refractivity contribution in [3.8, 4) is 0 Å². The number of fused-ring (bicyclic) bond motifs is 6. The minimum Gasteiger partial charge on any atom is -0.391 e. The predicted octanol–water partition coefficient (Wildman–Crippen LogP) is 3.83. The van der Waals surface area contributed by atoms with E-state index in [0.717, 1.165) is 54.5 Å². The number of aliphatic hydroxyl groups is 2. The predicted molar refractivity (Wildman–Crippen MR) is 129 cm³/mol. The third kappa shape index (κ3) is 3.70. The minimum atomic E-state index is -0.615. The van der Waals surface area contributed by atoms with E-state index in [9.17, 15) is 10.2 Å². The lowest BCUT2D eigenvalue weighted by atomic mass is 9.49. The van der Waals surface area contributed by atoms with Crippen LogP contribution in [0, 0.1) is 40.9 Å². The Balaban J connectivity index is 1.15. The number of aromatic nitrogens is 4. The van der Waals surface area contributed by atoms with Gasteiger partial charge in [0, 0.05) is 13.3 Å². The van der Waals surface area contributed by atoms with Crippen LogP contribution in [0.3, 0.4) is 0 Å². The molecule has 2 N–H and O–H groups in total. The van der Waals surface area contributed by atoms with Crippen LogP contribution in [0.1, 0.15) is 64.7 Å². The smallest absolute Gasteiger partial charge is 0.131 e. The molecular weight excluding hydrogens is 428 g/mol. The molecule has 9 atom stereocenters.